The quantitative estimate of drug-likeness (QED) is 0.566. The van der Waals surface area contributed by atoms with Crippen molar-refractivity contribution in [2.75, 3.05) is 0 Å². The van der Waals surface area contributed by atoms with E-state index < -0.39 is 40.4 Å². The third kappa shape index (κ3) is 3.11. The molecular weight excluding hydrogens is 362 g/mol. The summed E-state index contributed by atoms with van der Waals surface area (Å²) >= 11 is 0. The monoisotopic (exact) mass is 376 g/mol. The van der Waals surface area contributed by atoms with Crippen LogP contribution in [0.1, 0.15) is 16.7 Å². The first-order valence-corrected chi connectivity index (χ1v) is 7.31. The van der Waals surface area contributed by atoms with Crippen molar-refractivity contribution >= 4 is 0 Å². The first-order valence-electron chi connectivity index (χ1n) is 7.31. The van der Waals surface area contributed by atoms with Crippen LogP contribution in [0.25, 0.3) is 0 Å². The zero-order valence-electron chi connectivity index (χ0n) is 13.2. The number of phenolic OH excluding ortho intramolecular Hbond substituents is 2. The Hall–Kier alpha value is -2.64. The van der Waals surface area contributed by atoms with E-state index in [1.807, 2.05) is 0 Å². The zero-order chi connectivity index (χ0) is 19.8. The van der Waals surface area contributed by atoms with Crippen LogP contribution in [0.15, 0.2) is 55.1 Å². The molecule has 2 nitrogen and oxygen atoms in total. The topological polar surface area (TPSA) is 40.5 Å². The van der Waals surface area contributed by atoms with Gasteiger partial charge in [-0.1, -0.05) is 30.3 Å². The van der Waals surface area contributed by atoms with E-state index in [1.165, 1.54) is 6.08 Å². The number of hydrogen-bond acceptors (Lipinski definition) is 2. The van der Waals surface area contributed by atoms with Crippen molar-refractivity contribution in [1.29, 1.82) is 0 Å². The lowest BCUT2D eigenvalue weighted by Gasteiger charge is -2.38. The first-order chi connectivity index (χ1) is 11.9. The van der Waals surface area contributed by atoms with Crippen LogP contribution in [0.4, 0.5) is 26.3 Å². The van der Waals surface area contributed by atoms with Crippen molar-refractivity contribution in [3.63, 3.8) is 0 Å². The van der Waals surface area contributed by atoms with E-state index in [0.29, 0.717) is 24.3 Å². The van der Waals surface area contributed by atoms with Crippen molar-refractivity contribution in [2.24, 2.45) is 0 Å². The first kappa shape index (κ1) is 19.7. The van der Waals surface area contributed by atoms with Crippen molar-refractivity contribution in [2.45, 2.75) is 24.2 Å². The molecule has 0 radical (unpaired) electrons. The highest BCUT2D eigenvalue weighted by molar-refractivity contribution is 5.49. The third-order valence-corrected chi connectivity index (χ3v) is 4.03. The summed E-state index contributed by atoms with van der Waals surface area (Å²) in [7, 11) is 0. The fourth-order valence-electron chi connectivity index (χ4n) is 2.83. The van der Waals surface area contributed by atoms with Crippen LogP contribution >= 0.6 is 0 Å². The molecule has 0 atom stereocenters. The molecule has 0 aliphatic carbocycles. The molecule has 0 aliphatic rings. The minimum absolute atomic E-state index is 0.110. The van der Waals surface area contributed by atoms with Crippen LogP contribution < -0.4 is 0 Å². The second-order valence-corrected chi connectivity index (χ2v) is 5.63. The van der Waals surface area contributed by atoms with E-state index in [-0.39, 0.29) is 12.0 Å². The van der Waals surface area contributed by atoms with Gasteiger partial charge in [-0.25, -0.2) is 0 Å². The molecule has 2 aromatic carbocycles. The molecule has 0 aromatic heterocycles. The average molecular weight is 376 g/mol. The summed E-state index contributed by atoms with van der Waals surface area (Å²) in [6.07, 6.45) is -10.3. The van der Waals surface area contributed by atoms with Gasteiger partial charge in [-0.05, 0) is 41.3 Å². The van der Waals surface area contributed by atoms with Gasteiger partial charge in [-0.2, -0.15) is 26.3 Å². The Labute approximate surface area is 145 Å². The highest BCUT2D eigenvalue weighted by atomic mass is 19.4. The number of halogens is 6. The summed E-state index contributed by atoms with van der Waals surface area (Å²) in [6.45, 7) is 3.37. The molecule has 0 fully saturated rings. The van der Waals surface area contributed by atoms with Crippen LogP contribution in [-0.2, 0) is 11.8 Å². The maximum Gasteiger partial charge on any atom is 0.411 e. The molecule has 2 N–H and O–H groups in total. The number of hydrogen-bond donors (Lipinski definition) is 2. The van der Waals surface area contributed by atoms with E-state index in [4.69, 9.17) is 0 Å². The number of allylic oxidation sites excluding steroid dienone is 1. The summed E-state index contributed by atoms with van der Waals surface area (Å²) in [4.78, 5) is 0. The molecule has 2 aromatic rings. The van der Waals surface area contributed by atoms with Crippen LogP contribution in [0.3, 0.4) is 0 Å². The summed E-state index contributed by atoms with van der Waals surface area (Å²) in [6, 6.07) is 4.73. The normalized spacial score (nSPS) is 12.8. The standard InChI is InChI=1S/C18H14F6O2/c1-2-3-11-10-13(6-9-15(11)26)16(17(19,20)21,18(22,23)24)12-4-7-14(25)8-5-12/h2,4-10,25-26H,1,3H2. The molecule has 0 amide bonds. The van der Waals surface area contributed by atoms with Gasteiger partial charge in [0, 0.05) is 0 Å². The van der Waals surface area contributed by atoms with Crippen LogP contribution in [0, 0.1) is 0 Å². The van der Waals surface area contributed by atoms with E-state index in [2.05, 4.69) is 6.58 Å². The summed E-state index contributed by atoms with van der Waals surface area (Å²) < 4.78 is 83.4. The average Bonchev–Trinajstić information content (AvgIpc) is 2.50. The van der Waals surface area contributed by atoms with Gasteiger partial charge in [0.05, 0.1) is 0 Å². The van der Waals surface area contributed by atoms with Gasteiger partial charge in [0.25, 0.3) is 0 Å². The van der Waals surface area contributed by atoms with E-state index in [9.17, 15) is 36.6 Å². The molecule has 26 heavy (non-hydrogen) atoms. The predicted octanol–water partition coefficient (Wildman–Crippen LogP) is 5.24. The summed E-state index contributed by atoms with van der Waals surface area (Å²) in [5.41, 5.74) is -6.62. The lowest BCUT2D eigenvalue weighted by atomic mass is 9.72. The third-order valence-electron chi connectivity index (χ3n) is 4.03. The molecule has 0 aliphatic heterocycles. The van der Waals surface area contributed by atoms with Crippen molar-refractivity contribution < 1.29 is 36.6 Å². The SMILES string of the molecule is C=CCc1cc(C(c2ccc(O)cc2)(C(F)(F)F)C(F)(F)F)ccc1O. The molecule has 0 saturated carbocycles. The van der Waals surface area contributed by atoms with E-state index >= 15 is 0 Å². The van der Waals surface area contributed by atoms with Crippen LogP contribution in [0.5, 0.6) is 11.5 Å². The van der Waals surface area contributed by atoms with Gasteiger partial charge in [-0.15, -0.1) is 6.58 Å². The van der Waals surface area contributed by atoms with Crippen molar-refractivity contribution in [1.82, 2.24) is 0 Å². The zero-order valence-corrected chi connectivity index (χ0v) is 13.2. The molecule has 0 bridgehead atoms. The van der Waals surface area contributed by atoms with Crippen molar-refractivity contribution in [3.05, 3.63) is 71.8 Å². The molecule has 0 unspecified atom stereocenters. The van der Waals surface area contributed by atoms with Crippen LogP contribution in [-0.4, -0.2) is 22.6 Å². The van der Waals surface area contributed by atoms with Crippen molar-refractivity contribution in [3.8, 4) is 11.5 Å². The molecule has 140 valence electrons. The van der Waals surface area contributed by atoms with E-state index in [1.54, 1.807) is 0 Å². The molecule has 0 spiro atoms. The van der Waals surface area contributed by atoms with E-state index in [0.717, 1.165) is 18.2 Å². The molecule has 8 heteroatoms. The number of aromatic hydroxyl groups is 2. The Morgan fingerprint density at radius 1 is 0.808 bits per heavy atom. The highest BCUT2D eigenvalue weighted by Crippen LogP contribution is 2.56. The van der Waals surface area contributed by atoms with Gasteiger partial charge < -0.3 is 10.2 Å². The minimum atomic E-state index is -5.73. The Kier molecular flexibility index (Phi) is 4.98. The van der Waals surface area contributed by atoms with Crippen LogP contribution in [0.2, 0.25) is 0 Å². The Morgan fingerprint density at radius 3 is 1.77 bits per heavy atom. The minimum Gasteiger partial charge on any atom is -0.508 e. The lowest BCUT2D eigenvalue weighted by molar-refractivity contribution is -0.288. The predicted molar refractivity (Wildman–Crippen MR) is 83.0 cm³/mol. The Morgan fingerprint density at radius 2 is 1.31 bits per heavy atom. The number of alkyl halides is 6. The second-order valence-electron chi connectivity index (χ2n) is 5.63. The number of phenols is 2. The van der Waals surface area contributed by atoms with Gasteiger partial charge in [0.2, 0.25) is 5.41 Å². The van der Waals surface area contributed by atoms with Gasteiger partial charge in [0.1, 0.15) is 11.5 Å². The fraction of sp³-hybridized carbons (Fsp3) is 0.222. The smallest absolute Gasteiger partial charge is 0.411 e. The summed E-state index contributed by atoms with van der Waals surface area (Å²) in [5.74, 6) is -0.900. The fourth-order valence-corrected chi connectivity index (χ4v) is 2.83. The number of rotatable bonds is 4. The van der Waals surface area contributed by atoms with Gasteiger partial charge in [0.15, 0.2) is 0 Å². The Bertz CT molecular complexity index is 777. The molecule has 2 rings (SSSR count). The lowest BCUT2D eigenvalue weighted by Crippen LogP contribution is -2.54. The van der Waals surface area contributed by atoms with Gasteiger partial charge in [-0.3, -0.25) is 0 Å². The molecule has 0 heterocycles. The highest BCUT2D eigenvalue weighted by Gasteiger charge is 2.72. The largest absolute Gasteiger partial charge is 0.508 e. The summed E-state index contributed by atoms with van der Waals surface area (Å²) in [5, 5.41) is 18.9. The molecular formula is C18H14F6O2. The van der Waals surface area contributed by atoms with Gasteiger partial charge >= 0.3 is 12.4 Å². The Balaban J connectivity index is 2.90. The number of benzene rings is 2. The maximum absolute atomic E-state index is 13.9. The second kappa shape index (κ2) is 6.59. The maximum atomic E-state index is 13.9. The molecule has 0 saturated heterocycles.